The predicted octanol–water partition coefficient (Wildman–Crippen LogP) is 3.67. The number of hydrogen-bond acceptors (Lipinski definition) is 2. The largest absolute Gasteiger partial charge is 0.324 e. The highest BCUT2D eigenvalue weighted by atomic mass is 35.5. The normalized spacial score (nSPS) is 12.7. The number of hydrogen-bond donors (Lipinski definition) is 1. The third kappa shape index (κ3) is 3.22. The minimum Gasteiger partial charge on any atom is -0.324 e. The molecule has 1 heterocycles. The first kappa shape index (κ1) is 15.1. The molecule has 0 fully saturated rings. The summed E-state index contributed by atoms with van der Waals surface area (Å²) in [4.78, 5) is 0. The summed E-state index contributed by atoms with van der Waals surface area (Å²) in [5.74, 6) is 0. The van der Waals surface area contributed by atoms with Crippen molar-refractivity contribution in [2.24, 2.45) is 5.73 Å². The molecule has 0 saturated heterocycles. The molecule has 0 aliphatic heterocycles. The van der Waals surface area contributed by atoms with E-state index in [0.29, 0.717) is 0 Å². The van der Waals surface area contributed by atoms with Crippen molar-refractivity contribution in [2.45, 2.75) is 46.2 Å². The predicted molar refractivity (Wildman–Crippen MR) is 84.1 cm³/mol. The molecule has 0 spiro atoms. The van der Waals surface area contributed by atoms with Crippen LogP contribution in [0.15, 0.2) is 24.3 Å². The van der Waals surface area contributed by atoms with Crippen molar-refractivity contribution < 1.29 is 0 Å². The van der Waals surface area contributed by atoms with E-state index < -0.39 is 0 Å². The molecule has 2 rings (SSSR count). The van der Waals surface area contributed by atoms with Crippen molar-refractivity contribution in [1.82, 2.24) is 9.78 Å². The SMILES string of the molecule is CCc1cc(CC(N)c2ccc(Cl)cc2C)n(CC)n1. The zero-order chi connectivity index (χ0) is 14.7. The van der Waals surface area contributed by atoms with E-state index in [1.165, 1.54) is 5.69 Å². The summed E-state index contributed by atoms with van der Waals surface area (Å²) in [6.45, 7) is 7.15. The first-order valence-electron chi connectivity index (χ1n) is 7.12. The average Bonchev–Trinajstić information content (AvgIpc) is 2.80. The monoisotopic (exact) mass is 291 g/mol. The number of nitrogens with zero attached hydrogens (tertiary/aromatic N) is 2. The van der Waals surface area contributed by atoms with E-state index in [1.807, 2.05) is 22.9 Å². The molecule has 2 N–H and O–H groups in total. The van der Waals surface area contributed by atoms with Crippen LogP contribution in [0.25, 0.3) is 0 Å². The Bertz CT molecular complexity index is 589. The average molecular weight is 292 g/mol. The molecular weight excluding hydrogens is 270 g/mol. The number of aromatic nitrogens is 2. The van der Waals surface area contributed by atoms with Crippen molar-refractivity contribution in [1.29, 1.82) is 0 Å². The van der Waals surface area contributed by atoms with Crippen LogP contribution in [0.4, 0.5) is 0 Å². The maximum Gasteiger partial charge on any atom is 0.0624 e. The first-order valence-corrected chi connectivity index (χ1v) is 7.50. The van der Waals surface area contributed by atoms with E-state index >= 15 is 0 Å². The van der Waals surface area contributed by atoms with Crippen LogP contribution in [0.5, 0.6) is 0 Å². The second kappa shape index (κ2) is 6.42. The van der Waals surface area contributed by atoms with Crippen LogP contribution in [0, 0.1) is 6.92 Å². The smallest absolute Gasteiger partial charge is 0.0624 e. The number of rotatable bonds is 5. The molecule has 1 aromatic carbocycles. The van der Waals surface area contributed by atoms with Gasteiger partial charge in [-0.15, -0.1) is 0 Å². The topological polar surface area (TPSA) is 43.8 Å². The van der Waals surface area contributed by atoms with E-state index in [4.69, 9.17) is 17.3 Å². The number of aryl methyl sites for hydroxylation is 3. The molecule has 0 aliphatic carbocycles. The van der Waals surface area contributed by atoms with Crippen LogP contribution >= 0.6 is 11.6 Å². The fraction of sp³-hybridized carbons (Fsp3) is 0.438. The highest BCUT2D eigenvalue weighted by molar-refractivity contribution is 6.30. The third-order valence-electron chi connectivity index (χ3n) is 3.64. The lowest BCUT2D eigenvalue weighted by molar-refractivity contribution is 0.584. The number of halogens is 1. The molecule has 1 aromatic heterocycles. The van der Waals surface area contributed by atoms with E-state index in [-0.39, 0.29) is 6.04 Å². The van der Waals surface area contributed by atoms with Gasteiger partial charge in [-0.3, -0.25) is 4.68 Å². The van der Waals surface area contributed by atoms with Crippen molar-refractivity contribution >= 4 is 11.6 Å². The van der Waals surface area contributed by atoms with Gasteiger partial charge in [0, 0.05) is 29.7 Å². The molecule has 0 saturated carbocycles. The van der Waals surface area contributed by atoms with Gasteiger partial charge in [-0.25, -0.2) is 0 Å². The van der Waals surface area contributed by atoms with Gasteiger partial charge < -0.3 is 5.73 Å². The maximum atomic E-state index is 6.37. The van der Waals surface area contributed by atoms with Crippen molar-refractivity contribution in [3.63, 3.8) is 0 Å². The molecule has 1 atom stereocenters. The highest BCUT2D eigenvalue weighted by Crippen LogP contribution is 2.23. The van der Waals surface area contributed by atoms with Gasteiger partial charge in [0.15, 0.2) is 0 Å². The zero-order valence-electron chi connectivity index (χ0n) is 12.4. The standard InChI is InChI=1S/C16H22ClN3/c1-4-13-9-14(20(5-2)19-13)10-16(18)15-7-6-12(17)8-11(15)3/h6-9,16H,4-5,10,18H2,1-3H3. The summed E-state index contributed by atoms with van der Waals surface area (Å²) in [5.41, 5.74) is 11.0. The van der Waals surface area contributed by atoms with Crippen LogP contribution in [0.3, 0.4) is 0 Å². The second-order valence-electron chi connectivity index (χ2n) is 5.11. The van der Waals surface area contributed by atoms with Gasteiger partial charge in [-0.1, -0.05) is 24.6 Å². The van der Waals surface area contributed by atoms with E-state index in [0.717, 1.165) is 41.2 Å². The summed E-state index contributed by atoms with van der Waals surface area (Å²) in [5, 5.41) is 5.33. The molecule has 20 heavy (non-hydrogen) atoms. The number of nitrogens with two attached hydrogens (primary N) is 1. The second-order valence-corrected chi connectivity index (χ2v) is 5.54. The van der Waals surface area contributed by atoms with Crippen molar-refractivity contribution in [3.8, 4) is 0 Å². The summed E-state index contributed by atoms with van der Waals surface area (Å²) >= 11 is 6.00. The molecule has 1 unspecified atom stereocenters. The van der Waals surface area contributed by atoms with Crippen LogP contribution in [0.1, 0.15) is 42.4 Å². The van der Waals surface area contributed by atoms with Gasteiger partial charge in [0.05, 0.1) is 5.69 Å². The van der Waals surface area contributed by atoms with Crippen LogP contribution in [-0.4, -0.2) is 9.78 Å². The summed E-state index contributed by atoms with van der Waals surface area (Å²) in [6, 6.07) is 8.02. The Balaban J connectivity index is 2.22. The Morgan fingerprint density at radius 3 is 2.65 bits per heavy atom. The summed E-state index contributed by atoms with van der Waals surface area (Å²) in [6.07, 6.45) is 1.75. The Morgan fingerprint density at radius 1 is 1.30 bits per heavy atom. The van der Waals surface area contributed by atoms with Crippen molar-refractivity contribution in [3.05, 3.63) is 51.8 Å². The van der Waals surface area contributed by atoms with Gasteiger partial charge in [0.1, 0.15) is 0 Å². The molecule has 0 aliphatic rings. The quantitative estimate of drug-likeness (QED) is 0.913. The van der Waals surface area contributed by atoms with E-state index in [1.54, 1.807) is 0 Å². The molecule has 2 aromatic rings. The lowest BCUT2D eigenvalue weighted by Gasteiger charge is -2.15. The number of benzene rings is 1. The molecule has 0 radical (unpaired) electrons. The zero-order valence-corrected chi connectivity index (χ0v) is 13.1. The molecule has 0 amide bonds. The van der Waals surface area contributed by atoms with Gasteiger partial charge in [-0.05, 0) is 49.6 Å². The minimum atomic E-state index is -0.0287. The van der Waals surface area contributed by atoms with Crippen LogP contribution in [0.2, 0.25) is 5.02 Å². The van der Waals surface area contributed by atoms with Gasteiger partial charge >= 0.3 is 0 Å². The Labute approximate surface area is 125 Å². The molecule has 4 heteroatoms. The van der Waals surface area contributed by atoms with Gasteiger partial charge in [0.25, 0.3) is 0 Å². The molecule has 108 valence electrons. The molecule has 0 bridgehead atoms. The Kier molecular flexibility index (Phi) is 4.84. The van der Waals surface area contributed by atoms with E-state index in [2.05, 4.69) is 31.9 Å². The fourth-order valence-corrected chi connectivity index (χ4v) is 2.74. The lowest BCUT2D eigenvalue weighted by Crippen LogP contribution is -2.17. The van der Waals surface area contributed by atoms with Crippen LogP contribution in [-0.2, 0) is 19.4 Å². The Hall–Kier alpha value is -1.32. The summed E-state index contributed by atoms with van der Waals surface area (Å²) in [7, 11) is 0. The summed E-state index contributed by atoms with van der Waals surface area (Å²) < 4.78 is 2.05. The minimum absolute atomic E-state index is 0.0287. The van der Waals surface area contributed by atoms with Crippen LogP contribution < -0.4 is 5.73 Å². The van der Waals surface area contributed by atoms with Gasteiger partial charge in [0.2, 0.25) is 0 Å². The fourth-order valence-electron chi connectivity index (χ4n) is 2.52. The first-order chi connectivity index (χ1) is 9.55. The van der Waals surface area contributed by atoms with Crippen molar-refractivity contribution in [2.75, 3.05) is 0 Å². The van der Waals surface area contributed by atoms with E-state index in [9.17, 15) is 0 Å². The third-order valence-corrected chi connectivity index (χ3v) is 3.87. The lowest BCUT2D eigenvalue weighted by atomic mass is 9.98. The van der Waals surface area contributed by atoms with Gasteiger partial charge in [-0.2, -0.15) is 5.10 Å². The maximum absolute atomic E-state index is 6.37. The Morgan fingerprint density at radius 2 is 2.05 bits per heavy atom. The molecular formula is C16H22ClN3. The molecule has 3 nitrogen and oxygen atoms in total. The highest BCUT2D eigenvalue weighted by Gasteiger charge is 2.14.